The molecule has 0 bridgehead atoms. The van der Waals surface area contributed by atoms with Crippen molar-refractivity contribution in [2.75, 3.05) is 12.0 Å². The fourth-order valence-electron chi connectivity index (χ4n) is 1.46. The maximum Gasteiger partial charge on any atom is 0.0453 e. The molecule has 3 N–H and O–H groups in total. The van der Waals surface area contributed by atoms with Gasteiger partial charge in [-0.05, 0) is 42.5 Å². The Bertz CT molecular complexity index is 334. The van der Waals surface area contributed by atoms with Gasteiger partial charge in [0.2, 0.25) is 0 Å². The van der Waals surface area contributed by atoms with E-state index in [1.54, 1.807) is 6.07 Å². The van der Waals surface area contributed by atoms with E-state index in [2.05, 4.69) is 11.7 Å². The Kier molecular flexibility index (Phi) is 6.54. The van der Waals surface area contributed by atoms with E-state index in [0.717, 1.165) is 24.2 Å². The van der Waals surface area contributed by atoms with Gasteiger partial charge < -0.3 is 0 Å². The summed E-state index contributed by atoms with van der Waals surface area (Å²) in [5, 5.41) is 1.37. The van der Waals surface area contributed by atoms with E-state index in [1.165, 1.54) is 0 Å². The van der Waals surface area contributed by atoms with Gasteiger partial charge in [-0.1, -0.05) is 29.3 Å². The molecule has 0 aliphatic carbocycles. The van der Waals surface area contributed by atoms with E-state index in [4.69, 9.17) is 29.0 Å². The number of halogens is 2. The highest BCUT2D eigenvalue weighted by atomic mass is 35.5. The summed E-state index contributed by atoms with van der Waals surface area (Å²) in [6, 6.07) is 5.82. The van der Waals surface area contributed by atoms with Crippen LogP contribution in [0.25, 0.3) is 0 Å². The highest BCUT2D eigenvalue weighted by molar-refractivity contribution is 7.98. The first-order chi connectivity index (χ1) is 7.67. The number of nitrogens with two attached hydrogens (primary N) is 1. The third-order valence-electron chi connectivity index (χ3n) is 2.39. The molecule has 0 aromatic heterocycles. The number of benzene rings is 1. The number of rotatable bonds is 6. The zero-order valence-corrected chi connectivity index (χ0v) is 11.5. The van der Waals surface area contributed by atoms with Crippen molar-refractivity contribution in [2.45, 2.75) is 18.9 Å². The van der Waals surface area contributed by atoms with Gasteiger partial charge in [-0.25, -0.2) is 0 Å². The van der Waals surface area contributed by atoms with Crippen molar-refractivity contribution < 1.29 is 0 Å². The van der Waals surface area contributed by atoms with Crippen molar-refractivity contribution >= 4 is 35.0 Å². The quantitative estimate of drug-likeness (QED) is 0.620. The standard InChI is InChI=1S/C11H16Cl2N2S/c1-16-5-4-10(15-14)6-8-2-3-9(12)7-11(8)13/h2-3,7,10,15H,4-6,14H2,1H3. The van der Waals surface area contributed by atoms with Gasteiger partial charge in [0.15, 0.2) is 0 Å². The second-order valence-corrected chi connectivity index (χ2v) is 5.41. The van der Waals surface area contributed by atoms with Crippen molar-refractivity contribution in [3.05, 3.63) is 33.8 Å². The van der Waals surface area contributed by atoms with E-state index >= 15 is 0 Å². The summed E-state index contributed by atoms with van der Waals surface area (Å²) in [7, 11) is 0. The summed E-state index contributed by atoms with van der Waals surface area (Å²) in [5.41, 5.74) is 3.90. The van der Waals surface area contributed by atoms with Crippen molar-refractivity contribution in [1.82, 2.24) is 5.43 Å². The molecule has 0 spiro atoms. The predicted octanol–water partition coefficient (Wildman–Crippen LogP) is 3.12. The van der Waals surface area contributed by atoms with Gasteiger partial charge in [0.05, 0.1) is 0 Å². The molecule has 0 aliphatic heterocycles. The maximum atomic E-state index is 6.11. The molecule has 1 unspecified atom stereocenters. The number of hydrazine groups is 1. The van der Waals surface area contributed by atoms with Crippen LogP contribution in [0.1, 0.15) is 12.0 Å². The van der Waals surface area contributed by atoms with E-state index in [9.17, 15) is 0 Å². The molecule has 0 amide bonds. The molecule has 0 heterocycles. The Balaban J connectivity index is 2.62. The molecule has 0 saturated carbocycles. The molecule has 1 aromatic rings. The minimum atomic E-state index is 0.256. The van der Waals surface area contributed by atoms with Crippen molar-refractivity contribution in [3.63, 3.8) is 0 Å². The van der Waals surface area contributed by atoms with Gasteiger partial charge >= 0.3 is 0 Å². The van der Waals surface area contributed by atoms with Gasteiger partial charge in [-0.3, -0.25) is 11.3 Å². The van der Waals surface area contributed by atoms with Gasteiger partial charge in [0.1, 0.15) is 0 Å². The summed E-state index contributed by atoms with van der Waals surface area (Å²) in [6.45, 7) is 0. The van der Waals surface area contributed by atoms with Crippen LogP contribution in [0.15, 0.2) is 18.2 Å². The topological polar surface area (TPSA) is 38.0 Å². The smallest absolute Gasteiger partial charge is 0.0453 e. The van der Waals surface area contributed by atoms with Crippen LogP contribution in [-0.4, -0.2) is 18.1 Å². The van der Waals surface area contributed by atoms with Crippen LogP contribution in [0.4, 0.5) is 0 Å². The molecule has 90 valence electrons. The fourth-order valence-corrected chi connectivity index (χ4v) is 2.46. The molecule has 1 aromatic carbocycles. The van der Waals surface area contributed by atoms with Crippen LogP contribution in [0.2, 0.25) is 10.0 Å². The summed E-state index contributed by atoms with van der Waals surface area (Å²) >= 11 is 13.8. The molecular formula is C11H16Cl2N2S. The number of thioether (sulfide) groups is 1. The maximum absolute atomic E-state index is 6.11. The average molecular weight is 279 g/mol. The second kappa shape index (κ2) is 7.41. The first-order valence-electron chi connectivity index (χ1n) is 5.06. The van der Waals surface area contributed by atoms with E-state index < -0.39 is 0 Å². The Labute approximate surface area is 111 Å². The zero-order chi connectivity index (χ0) is 12.0. The SMILES string of the molecule is CSCCC(Cc1ccc(Cl)cc1Cl)NN. The van der Waals surface area contributed by atoms with Crippen LogP contribution in [0.5, 0.6) is 0 Å². The molecule has 16 heavy (non-hydrogen) atoms. The normalized spacial score (nSPS) is 12.8. The molecule has 0 saturated heterocycles. The molecule has 1 atom stereocenters. The van der Waals surface area contributed by atoms with Gasteiger partial charge in [-0.15, -0.1) is 0 Å². The summed E-state index contributed by atoms with van der Waals surface area (Å²) < 4.78 is 0. The largest absolute Gasteiger partial charge is 0.271 e. The molecule has 5 heteroatoms. The van der Waals surface area contributed by atoms with Gasteiger partial charge in [0.25, 0.3) is 0 Å². The van der Waals surface area contributed by atoms with Crippen LogP contribution < -0.4 is 11.3 Å². The Morgan fingerprint density at radius 2 is 2.19 bits per heavy atom. The van der Waals surface area contributed by atoms with Crippen LogP contribution in [-0.2, 0) is 6.42 Å². The average Bonchev–Trinajstić information content (AvgIpc) is 2.27. The third kappa shape index (κ3) is 4.52. The number of hydrogen-bond donors (Lipinski definition) is 2. The lowest BCUT2D eigenvalue weighted by Crippen LogP contribution is -2.37. The van der Waals surface area contributed by atoms with Crippen LogP contribution in [0, 0.1) is 0 Å². The van der Waals surface area contributed by atoms with Gasteiger partial charge in [0, 0.05) is 16.1 Å². The van der Waals surface area contributed by atoms with E-state index in [-0.39, 0.29) is 6.04 Å². The highest BCUT2D eigenvalue weighted by Gasteiger charge is 2.10. The molecule has 1 rings (SSSR count). The van der Waals surface area contributed by atoms with Crippen LogP contribution in [0.3, 0.4) is 0 Å². The molecule has 0 fully saturated rings. The predicted molar refractivity (Wildman–Crippen MR) is 74.3 cm³/mol. The van der Waals surface area contributed by atoms with Crippen molar-refractivity contribution in [2.24, 2.45) is 5.84 Å². The van der Waals surface area contributed by atoms with Crippen molar-refractivity contribution in [3.8, 4) is 0 Å². The summed E-state index contributed by atoms with van der Waals surface area (Å²) in [5.74, 6) is 6.60. The number of hydrogen-bond acceptors (Lipinski definition) is 3. The minimum absolute atomic E-state index is 0.256. The Morgan fingerprint density at radius 1 is 1.44 bits per heavy atom. The Morgan fingerprint density at radius 3 is 2.75 bits per heavy atom. The highest BCUT2D eigenvalue weighted by Crippen LogP contribution is 2.22. The Hall–Kier alpha value is 0.0700. The number of nitrogens with one attached hydrogen (secondary N) is 1. The van der Waals surface area contributed by atoms with Crippen molar-refractivity contribution in [1.29, 1.82) is 0 Å². The molecule has 2 nitrogen and oxygen atoms in total. The minimum Gasteiger partial charge on any atom is -0.271 e. The third-order valence-corrected chi connectivity index (χ3v) is 3.62. The van der Waals surface area contributed by atoms with E-state index in [0.29, 0.717) is 10.0 Å². The first kappa shape index (κ1) is 14.1. The summed E-state index contributed by atoms with van der Waals surface area (Å²) in [6.07, 6.45) is 3.94. The lowest BCUT2D eigenvalue weighted by molar-refractivity contribution is 0.514. The molecular weight excluding hydrogens is 263 g/mol. The zero-order valence-electron chi connectivity index (χ0n) is 9.17. The fraction of sp³-hybridized carbons (Fsp3) is 0.455. The molecule has 0 aliphatic rings. The lowest BCUT2D eigenvalue weighted by Gasteiger charge is -2.16. The monoisotopic (exact) mass is 278 g/mol. The first-order valence-corrected chi connectivity index (χ1v) is 7.21. The molecule has 0 radical (unpaired) electrons. The van der Waals surface area contributed by atoms with E-state index in [1.807, 2.05) is 23.9 Å². The second-order valence-electron chi connectivity index (χ2n) is 3.58. The van der Waals surface area contributed by atoms with Crippen LogP contribution >= 0.6 is 35.0 Å². The van der Waals surface area contributed by atoms with Gasteiger partial charge in [-0.2, -0.15) is 11.8 Å². The summed E-state index contributed by atoms with van der Waals surface area (Å²) in [4.78, 5) is 0. The lowest BCUT2D eigenvalue weighted by atomic mass is 10.0.